The van der Waals surface area contributed by atoms with Crippen molar-refractivity contribution < 1.29 is 14.3 Å². The minimum absolute atomic E-state index is 0.109. The minimum Gasteiger partial charge on any atom is -0.368 e. The van der Waals surface area contributed by atoms with Gasteiger partial charge in [-0.3, -0.25) is 9.59 Å². The van der Waals surface area contributed by atoms with Crippen molar-refractivity contribution in [1.82, 2.24) is 0 Å². The van der Waals surface area contributed by atoms with Gasteiger partial charge in [0.2, 0.25) is 5.91 Å². The molecule has 134 valence electrons. The Morgan fingerprint density at radius 3 is 2.72 bits per heavy atom. The fourth-order valence-electron chi connectivity index (χ4n) is 3.28. The molecule has 1 aliphatic heterocycles. The molecule has 0 radical (unpaired) electrons. The Bertz CT molecular complexity index is 680. The van der Waals surface area contributed by atoms with Crippen LogP contribution in [-0.2, 0) is 20.7 Å². The molecule has 2 aliphatic carbocycles. The van der Waals surface area contributed by atoms with E-state index in [1.165, 1.54) is 25.7 Å². The second-order valence-electron chi connectivity index (χ2n) is 7.70. The molecule has 1 atom stereocenters. The van der Waals surface area contributed by atoms with Crippen LogP contribution in [0.25, 0.3) is 0 Å². The average molecular weight is 342 g/mol. The van der Waals surface area contributed by atoms with Crippen LogP contribution in [0.1, 0.15) is 44.6 Å². The van der Waals surface area contributed by atoms with Gasteiger partial charge in [0.1, 0.15) is 6.10 Å². The molecule has 1 heterocycles. The number of carbonyl (C=O) groups excluding carboxylic acids is 2. The molecule has 0 bridgehead atoms. The molecule has 5 heteroatoms. The lowest BCUT2D eigenvalue weighted by Crippen LogP contribution is -2.36. The standard InChI is InChI=1S/C20H26N2O3/c1-13(25-12-15-4-5-15)20(24)21-17-7-8-18-16(10-17)6-9-19(23)22(18)11-14-2-3-14/h7-8,10,13-15H,2-6,9,11-12H2,1H3,(H,21,24). The smallest absolute Gasteiger partial charge is 0.253 e. The molecule has 25 heavy (non-hydrogen) atoms. The summed E-state index contributed by atoms with van der Waals surface area (Å²) >= 11 is 0. The van der Waals surface area contributed by atoms with Gasteiger partial charge < -0.3 is 15.0 Å². The van der Waals surface area contributed by atoms with Crippen LogP contribution in [0, 0.1) is 11.8 Å². The van der Waals surface area contributed by atoms with Crippen LogP contribution in [0.5, 0.6) is 0 Å². The summed E-state index contributed by atoms with van der Waals surface area (Å²) in [5.41, 5.74) is 2.94. The third-order valence-corrected chi connectivity index (χ3v) is 5.33. The average Bonchev–Trinajstić information content (AvgIpc) is 3.50. The Kier molecular flexibility index (Phi) is 4.50. The van der Waals surface area contributed by atoms with Gasteiger partial charge in [0.25, 0.3) is 5.91 Å². The van der Waals surface area contributed by atoms with E-state index in [9.17, 15) is 9.59 Å². The van der Waals surface area contributed by atoms with Crippen molar-refractivity contribution in [2.24, 2.45) is 11.8 Å². The Labute approximate surface area is 148 Å². The monoisotopic (exact) mass is 342 g/mol. The van der Waals surface area contributed by atoms with Gasteiger partial charge in [-0.1, -0.05) is 0 Å². The molecule has 2 fully saturated rings. The predicted molar refractivity (Wildman–Crippen MR) is 96.6 cm³/mol. The molecular weight excluding hydrogens is 316 g/mol. The number of nitrogens with zero attached hydrogens (tertiary/aromatic N) is 1. The summed E-state index contributed by atoms with van der Waals surface area (Å²) < 4.78 is 5.63. The van der Waals surface area contributed by atoms with E-state index in [-0.39, 0.29) is 11.8 Å². The van der Waals surface area contributed by atoms with Gasteiger partial charge in [-0.25, -0.2) is 0 Å². The first-order valence-electron chi connectivity index (χ1n) is 9.46. The van der Waals surface area contributed by atoms with Gasteiger partial charge in [-0.15, -0.1) is 0 Å². The molecule has 1 unspecified atom stereocenters. The molecule has 0 aromatic heterocycles. The highest BCUT2D eigenvalue weighted by molar-refractivity contribution is 5.98. The molecule has 1 aromatic carbocycles. The molecule has 2 amide bonds. The Hall–Kier alpha value is -1.88. The first-order chi connectivity index (χ1) is 12.1. The van der Waals surface area contributed by atoms with E-state index in [4.69, 9.17) is 4.74 Å². The Balaban J connectivity index is 1.41. The zero-order chi connectivity index (χ0) is 17.4. The normalized spacial score (nSPS) is 21.0. The van der Waals surface area contributed by atoms with Gasteiger partial charge in [0, 0.05) is 24.3 Å². The summed E-state index contributed by atoms with van der Waals surface area (Å²) in [6.07, 6.45) is 5.75. The molecular formula is C20H26N2O3. The van der Waals surface area contributed by atoms with Gasteiger partial charge >= 0.3 is 0 Å². The van der Waals surface area contributed by atoms with Crippen molar-refractivity contribution in [3.05, 3.63) is 23.8 Å². The number of fused-ring (bicyclic) bond motifs is 1. The maximum Gasteiger partial charge on any atom is 0.253 e. The van der Waals surface area contributed by atoms with Gasteiger partial charge in [0.05, 0.1) is 6.61 Å². The molecule has 1 N–H and O–H groups in total. The lowest BCUT2D eigenvalue weighted by molar-refractivity contribution is -0.126. The molecule has 0 saturated heterocycles. The number of aryl methyl sites for hydroxylation is 1. The van der Waals surface area contributed by atoms with E-state index in [2.05, 4.69) is 5.32 Å². The van der Waals surface area contributed by atoms with Gasteiger partial charge in [0.15, 0.2) is 0 Å². The number of nitrogens with one attached hydrogen (secondary N) is 1. The highest BCUT2D eigenvalue weighted by Gasteiger charge is 2.31. The number of ether oxygens (including phenoxy) is 1. The fourth-order valence-corrected chi connectivity index (χ4v) is 3.28. The van der Waals surface area contributed by atoms with E-state index in [1.807, 2.05) is 23.1 Å². The number of benzene rings is 1. The Morgan fingerprint density at radius 2 is 2.00 bits per heavy atom. The van der Waals surface area contributed by atoms with E-state index >= 15 is 0 Å². The summed E-state index contributed by atoms with van der Waals surface area (Å²) in [6, 6.07) is 5.87. The number of hydrogen-bond donors (Lipinski definition) is 1. The Morgan fingerprint density at radius 1 is 1.24 bits per heavy atom. The van der Waals surface area contributed by atoms with Crippen molar-refractivity contribution in [1.29, 1.82) is 0 Å². The van der Waals surface area contributed by atoms with E-state index < -0.39 is 6.10 Å². The number of hydrogen-bond acceptors (Lipinski definition) is 3. The van der Waals surface area contributed by atoms with Gasteiger partial charge in [-0.2, -0.15) is 0 Å². The van der Waals surface area contributed by atoms with Crippen molar-refractivity contribution in [2.45, 2.75) is 51.6 Å². The number of rotatable bonds is 7. The molecule has 1 aromatic rings. The zero-order valence-corrected chi connectivity index (χ0v) is 14.8. The van der Waals surface area contributed by atoms with Crippen LogP contribution in [0.15, 0.2) is 18.2 Å². The van der Waals surface area contributed by atoms with Crippen LogP contribution in [-0.4, -0.2) is 31.1 Å². The van der Waals surface area contributed by atoms with Crippen LogP contribution >= 0.6 is 0 Å². The zero-order valence-electron chi connectivity index (χ0n) is 14.8. The number of anilines is 2. The highest BCUT2D eigenvalue weighted by Crippen LogP contribution is 2.36. The van der Waals surface area contributed by atoms with E-state index in [0.29, 0.717) is 24.9 Å². The predicted octanol–water partition coefficient (Wildman–Crippen LogP) is 3.13. The van der Waals surface area contributed by atoms with Crippen LogP contribution in [0.4, 0.5) is 11.4 Å². The maximum absolute atomic E-state index is 12.3. The van der Waals surface area contributed by atoms with Crippen molar-refractivity contribution >= 4 is 23.2 Å². The second kappa shape index (κ2) is 6.79. The lowest BCUT2D eigenvalue weighted by Gasteiger charge is -2.30. The van der Waals surface area contributed by atoms with Crippen LogP contribution in [0.3, 0.4) is 0 Å². The van der Waals surface area contributed by atoms with Crippen LogP contribution in [0.2, 0.25) is 0 Å². The van der Waals surface area contributed by atoms with E-state index in [1.54, 1.807) is 6.92 Å². The summed E-state index contributed by atoms with van der Waals surface area (Å²) in [5.74, 6) is 1.42. The second-order valence-corrected chi connectivity index (χ2v) is 7.70. The summed E-state index contributed by atoms with van der Waals surface area (Å²) in [4.78, 5) is 26.5. The van der Waals surface area contributed by atoms with Crippen LogP contribution < -0.4 is 10.2 Å². The molecule has 0 spiro atoms. The van der Waals surface area contributed by atoms with E-state index in [0.717, 1.165) is 29.9 Å². The topological polar surface area (TPSA) is 58.6 Å². The summed E-state index contributed by atoms with van der Waals surface area (Å²) in [6.45, 7) is 3.31. The molecule has 2 saturated carbocycles. The summed E-state index contributed by atoms with van der Waals surface area (Å²) in [5, 5.41) is 2.95. The van der Waals surface area contributed by atoms with Crippen molar-refractivity contribution in [2.75, 3.05) is 23.4 Å². The third-order valence-electron chi connectivity index (χ3n) is 5.33. The molecule has 5 nitrogen and oxygen atoms in total. The maximum atomic E-state index is 12.3. The third kappa shape index (κ3) is 4.03. The highest BCUT2D eigenvalue weighted by atomic mass is 16.5. The largest absolute Gasteiger partial charge is 0.368 e. The fraction of sp³-hybridized carbons (Fsp3) is 0.600. The quantitative estimate of drug-likeness (QED) is 0.828. The van der Waals surface area contributed by atoms with Crippen molar-refractivity contribution in [3.8, 4) is 0 Å². The number of amides is 2. The summed E-state index contributed by atoms with van der Waals surface area (Å²) in [7, 11) is 0. The molecule has 3 aliphatic rings. The SMILES string of the molecule is CC(OCC1CC1)C(=O)Nc1ccc2c(c1)CCC(=O)N2CC1CC1. The minimum atomic E-state index is -0.440. The number of carbonyl (C=O) groups is 2. The lowest BCUT2D eigenvalue weighted by atomic mass is 10.00. The molecule has 4 rings (SSSR count). The first-order valence-corrected chi connectivity index (χ1v) is 9.46. The first kappa shape index (κ1) is 16.6. The van der Waals surface area contributed by atoms with Gasteiger partial charge in [-0.05, 0) is 74.6 Å². The van der Waals surface area contributed by atoms with Crippen molar-refractivity contribution in [3.63, 3.8) is 0 Å².